The summed E-state index contributed by atoms with van der Waals surface area (Å²) in [6.45, 7) is 2.60. The summed E-state index contributed by atoms with van der Waals surface area (Å²) in [6, 6.07) is 6.29. The van der Waals surface area contributed by atoms with Gasteiger partial charge in [-0.05, 0) is 61.9 Å². The van der Waals surface area contributed by atoms with E-state index in [0.717, 1.165) is 44.5 Å². The third kappa shape index (κ3) is 4.34. The standard InChI is InChI=1S/C22H28ClN3O/c23-20-12-18(14-26-16-20)13-25-10-7-21(19-4-3-9-24-15-19)8-11-27-22(17-21)5-1-2-6-22/h3-4,9,12,14-16,25H,1-2,5-8,10-11,13,17H2/t21-/m0/s1. The number of hydrogen-bond acceptors (Lipinski definition) is 4. The van der Waals surface area contributed by atoms with Crippen LogP contribution < -0.4 is 5.32 Å². The Hall–Kier alpha value is -1.49. The van der Waals surface area contributed by atoms with Gasteiger partial charge in [-0.2, -0.15) is 0 Å². The highest BCUT2D eigenvalue weighted by atomic mass is 35.5. The third-order valence-electron chi connectivity index (χ3n) is 6.31. The van der Waals surface area contributed by atoms with Crippen molar-refractivity contribution < 1.29 is 4.74 Å². The maximum atomic E-state index is 6.33. The zero-order chi connectivity index (χ0) is 18.6. The first kappa shape index (κ1) is 18.9. The van der Waals surface area contributed by atoms with Crippen LogP contribution in [0.3, 0.4) is 0 Å². The number of halogens is 1. The molecular weight excluding hydrogens is 358 g/mol. The van der Waals surface area contributed by atoms with Gasteiger partial charge < -0.3 is 10.1 Å². The summed E-state index contributed by atoms with van der Waals surface area (Å²) in [5.41, 5.74) is 2.73. The van der Waals surface area contributed by atoms with Gasteiger partial charge in [-0.15, -0.1) is 0 Å². The van der Waals surface area contributed by atoms with E-state index in [1.165, 1.54) is 31.2 Å². The molecule has 1 atom stereocenters. The summed E-state index contributed by atoms with van der Waals surface area (Å²) < 4.78 is 6.33. The lowest BCUT2D eigenvalue weighted by Crippen LogP contribution is -2.47. The maximum absolute atomic E-state index is 6.33. The molecule has 2 aliphatic rings. The summed E-state index contributed by atoms with van der Waals surface area (Å²) in [5.74, 6) is 0. The van der Waals surface area contributed by atoms with Crippen molar-refractivity contribution in [3.8, 4) is 0 Å². The molecule has 1 N–H and O–H groups in total. The largest absolute Gasteiger partial charge is 0.375 e. The van der Waals surface area contributed by atoms with Crippen molar-refractivity contribution in [2.24, 2.45) is 0 Å². The molecule has 0 unspecified atom stereocenters. The van der Waals surface area contributed by atoms with E-state index in [-0.39, 0.29) is 11.0 Å². The molecule has 144 valence electrons. The molecule has 3 heterocycles. The van der Waals surface area contributed by atoms with Crippen LogP contribution in [0.1, 0.15) is 56.1 Å². The Labute approximate surface area is 166 Å². The van der Waals surface area contributed by atoms with Gasteiger partial charge in [0.15, 0.2) is 0 Å². The van der Waals surface area contributed by atoms with Crippen LogP contribution in [-0.4, -0.2) is 28.7 Å². The SMILES string of the molecule is Clc1cncc(CNCC[C@]2(c3cccnc3)CCOC3(CCCC3)C2)c1. The van der Waals surface area contributed by atoms with Crippen LogP contribution in [0.25, 0.3) is 0 Å². The van der Waals surface area contributed by atoms with E-state index in [2.05, 4.69) is 33.6 Å². The average Bonchev–Trinajstić information content (AvgIpc) is 3.13. The molecule has 1 saturated carbocycles. The molecule has 27 heavy (non-hydrogen) atoms. The van der Waals surface area contributed by atoms with Crippen LogP contribution in [0.4, 0.5) is 0 Å². The van der Waals surface area contributed by atoms with Crippen molar-refractivity contribution in [2.45, 2.75) is 62.5 Å². The Morgan fingerprint density at radius 1 is 1.11 bits per heavy atom. The predicted molar refractivity (Wildman–Crippen MR) is 108 cm³/mol. The lowest BCUT2D eigenvalue weighted by Gasteiger charge is -2.47. The second kappa shape index (κ2) is 8.26. The van der Waals surface area contributed by atoms with Crippen molar-refractivity contribution >= 4 is 11.6 Å². The molecule has 1 spiro atoms. The minimum Gasteiger partial charge on any atom is -0.375 e. The van der Waals surface area contributed by atoms with E-state index < -0.39 is 0 Å². The molecule has 1 aliphatic carbocycles. The van der Waals surface area contributed by atoms with Crippen LogP contribution in [0.2, 0.25) is 5.02 Å². The Bertz CT molecular complexity index is 748. The van der Waals surface area contributed by atoms with Crippen LogP contribution in [-0.2, 0) is 16.7 Å². The molecule has 2 aromatic heterocycles. The molecular formula is C22H28ClN3O. The lowest BCUT2D eigenvalue weighted by atomic mass is 9.66. The molecule has 0 radical (unpaired) electrons. The van der Waals surface area contributed by atoms with Crippen molar-refractivity contribution in [3.05, 3.63) is 59.1 Å². The summed E-state index contributed by atoms with van der Waals surface area (Å²) in [7, 11) is 0. The summed E-state index contributed by atoms with van der Waals surface area (Å²) >= 11 is 6.04. The quantitative estimate of drug-likeness (QED) is 0.734. The van der Waals surface area contributed by atoms with E-state index in [0.29, 0.717) is 5.02 Å². The van der Waals surface area contributed by atoms with Gasteiger partial charge in [0.2, 0.25) is 0 Å². The Morgan fingerprint density at radius 2 is 2.00 bits per heavy atom. The zero-order valence-corrected chi connectivity index (χ0v) is 16.5. The number of nitrogens with zero attached hydrogens (tertiary/aromatic N) is 2. The second-order valence-electron chi connectivity index (χ2n) is 8.13. The first-order valence-corrected chi connectivity index (χ1v) is 10.4. The van der Waals surface area contributed by atoms with Gasteiger partial charge in [-0.1, -0.05) is 30.5 Å². The summed E-state index contributed by atoms with van der Waals surface area (Å²) in [4.78, 5) is 8.59. The number of rotatable bonds is 6. The fourth-order valence-corrected chi connectivity index (χ4v) is 5.15. The van der Waals surface area contributed by atoms with Crippen molar-refractivity contribution in [1.29, 1.82) is 0 Å². The topological polar surface area (TPSA) is 47.0 Å². The van der Waals surface area contributed by atoms with Crippen LogP contribution in [0.5, 0.6) is 0 Å². The molecule has 1 saturated heterocycles. The molecule has 2 fully saturated rings. The first-order valence-electron chi connectivity index (χ1n) is 10.0. The summed E-state index contributed by atoms with van der Waals surface area (Å²) in [5, 5.41) is 4.28. The third-order valence-corrected chi connectivity index (χ3v) is 6.52. The van der Waals surface area contributed by atoms with Crippen LogP contribution >= 0.6 is 11.6 Å². The Kier molecular flexibility index (Phi) is 5.76. The highest BCUT2D eigenvalue weighted by Gasteiger charge is 2.47. The van der Waals surface area contributed by atoms with Gasteiger partial charge in [0, 0.05) is 43.4 Å². The molecule has 0 bridgehead atoms. The monoisotopic (exact) mass is 385 g/mol. The fraction of sp³-hybridized carbons (Fsp3) is 0.545. The van der Waals surface area contributed by atoms with Gasteiger partial charge >= 0.3 is 0 Å². The lowest BCUT2D eigenvalue weighted by molar-refractivity contribution is -0.103. The Balaban J connectivity index is 1.45. The average molecular weight is 386 g/mol. The van der Waals surface area contributed by atoms with E-state index >= 15 is 0 Å². The number of ether oxygens (including phenoxy) is 1. The minimum atomic E-state index is 0.0883. The molecule has 0 amide bonds. The maximum Gasteiger partial charge on any atom is 0.0691 e. The second-order valence-corrected chi connectivity index (χ2v) is 8.56. The van der Waals surface area contributed by atoms with Crippen molar-refractivity contribution in [2.75, 3.05) is 13.2 Å². The van der Waals surface area contributed by atoms with E-state index in [9.17, 15) is 0 Å². The van der Waals surface area contributed by atoms with Crippen molar-refractivity contribution in [1.82, 2.24) is 15.3 Å². The van der Waals surface area contributed by atoms with Gasteiger partial charge in [0.1, 0.15) is 0 Å². The van der Waals surface area contributed by atoms with Crippen LogP contribution in [0.15, 0.2) is 43.0 Å². The molecule has 1 aliphatic heterocycles. The molecule has 0 aromatic carbocycles. The van der Waals surface area contributed by atoms with Gasteiger partial charge in [0.25, 0.3) is 0 Å². The molecule has 2 aromatic rings. The number of hydrogen-bond donors (Lipinski definition) is 1. The van der Waals surface area contributed by atoms with Gasteiger partial charge in [-0.3, -0.25) is 9.97 Å². The highest BCUT2D eigenvalue weighted by Crippen LogP contribution is 2.49. The van der Waals surface area contributed by atoms with Crippen molar-refractivity contribution in [3.63, 3.8) is 0 Å². The normalized spacial score (nSPS) is 24.3. The molecule has 5 heteroatoms. The fourth-order valence-electron chi connectivity index (χ4n) is 4.95. The molecule has 4 rings (SSSR count). The highest BCUT2D eigenvalue weighted by molar-refractivity contribution is 6.30. The van der Waals surface area contributed by atoms with Crippen LogP contribution in [0, 0.1) is 0 Å². The molecule has 4 nitrogen and oxygen atoms in total. The summed E-state index contributed by atoms with van der Waals surface area (Å²) in [6.07, 6.45) is 15.8. The Morgan fingerprint density at radius 3 is 2.78 bits per heavy atom. The van der Waals surface area contributed by atoms with Gasteiger partial charge in [0.05, 0.1) is 10.6 Å². The van der Waals surface area contributed by atoms with E-state index in [4.69, 9.17) is 16.3 Å². The zero-order valence-electron chi connectivity index (χ0n) is 15.8. The van der Waals surface area contributed by atoms with E-state index in [1.807, 2.05) is 18.5 Å². The minimum absolute atomic E-state index is 0.0883. The predicted octanol–water partition coefficient (Wildman–Crippen LogP) is 4.67. The first-order chi connectivity index (χ1) is 13.2. The van der Waals surface area contributed by atoms with Gasteiger partial charge in [-0.25, -0.2) is 0 Å². The number of pyridine rings is 2. The number of aromatic nitrogens is 2. The number of nitrogens with one attached hydrogen (secondary N) is 1. The smallest absolute Gasteiger partial charge is 0.0691 e. The van der Waals surface area contributed by atoms with E-state index in [1.54, 1.807) is 6.20 Å².